The maximum atomic E-state index is 12.9. The molecular weight excluding hydrogens is 983 g/mol. The number of ether oxygens (including phenoxy) is 8. The summed E-state index contributed by atoms with van der Waals surface area (Å²) in [6, 6.07) is -1.82. The SMILES string of the molecule is CC(=O)N[C@H]1[C@H](O[C@H]2[C@@H](O)[C@@H](CO)O[C@@H](O[C@@H]([C@H](O)[C@@H](O)CNCCOP(=O)(O)OCC(O)CO)[C@H](O)CO)[C@@H]2O)O[C@H](CO)[C@@H](O[C@@H]2O[C@@H](C)[C@@H](O)[C@@H](O)[C@@H]2O)[C@@H]1O[C@@H]1O[C@H](CO)[C@H](O)[C@H](O)[C@H]1O. The molecule has 0 aromatic carbocycles. The van der Waals surface area contributed by atoms with Gasteiger partial charge in [-0.05, 0) is 6.92 Å². The van der Waals surface area contributed by atoms with E-state index >= 15 is 0 Å². The molecule has 32 nitrogen and oxygen atoms in total. The van der Waals surface area contributed by atoms with Crippen LogP contribution in [-0.2, 0) is 56.3 Å². The Morgan fingerprint density at radius 2 is 1.16 bits per heavy atom. The van der Waals surface area contributed by atoms with Crippen LogP contribution in [0.1, 0.15) is 13.8 Å². The molecule has 4 rings (SSSR count). The van der Waals surface area contributed by atoms with Crippen LogP contribution in [0.3, 0.4) is 0 Å². The minimum atomic E-state index is -4.69. The van der Waals surface area contributed by atoms with Crippen molar-refractivity contribution in [2.24, 2.45) is 0 Å². The first-order valence-electron chi connectivity index (χ1n) is 22.0. The van der Waals surface area contributed by atoms with Crippen LogP contribution >= 0.6 is 7.82 Å². The minimum absolute atomic E-state index is 0.280. The number of amides is 1. The van der Waals surface area contributed by atoms with Gasteiger partial charge in [-0.1, -0.05) is 0 Å². The van der Waals surface area contributed by atoms with Crippen molar-refractivity contribution in [3.8, 4) is 0 Å². The van der Waals surface area contributed by atoms with E-state index in [1.807, 2.05) is 0 Å². The van der Waals surface area contributed by atoms with Crippen molar-refractivity contribution >= 4 is 13.7 Å². The van der Waals surface area contributed by atoms with Gasteiger partial charge in [0.2, 0.25) is 5.91 Å². The lowest BCUT2D eigenvalue weighted by Crippen LogP contribution is -2.71. The first-order chi connectivity index (χ1) is 32.9. The van der Waals surface area contributed by atoms with Gasteiger partial charge in [0.1, 0.15) is 116 Å². The molecule has 4 aliphatic heterocycles. The quantitative estimate of drug-likeness (QED) is 0.0282. The van der Waals surface area contributed by atoms with E-state index < -0.39 is 220 Å². The second-order valence-electron chi connectivity index (χ2n) is 16.9. The zero-order valence-electron chi connectivity index (χ0n) is 37.7. The van der Waals surface area contributed by atoms with Gasteiger partial charge in [-0.15, -0.1) is 0 Å². The molecule has 1 amide bonds. The Morgan fingerprint density at radius 1 is 0.614 bits per heavy atom. The van der Waals surface area contributed by atoms with Gasteiger partial charge in [-0.25, -0.2) is 4.57 Å². The number of hydrogen-bond donors (Lipinski definition) is 20. The molecule has 412 valence electrons. The Kier molecular flexibility index (Phi) is 24.3. The van der Waals surface area contributed by atoms with E-state index in [4.69, 9.17) is 47.5 Å². The lowest BCUT2D eigenvalue weighted by Gasteiger charge is -2.51. The van der Waals surface area contributed by atoms with Crippen LogP contribution in [0.2, 0.25) is 0 Å². The molecule has 70 heavy (non-hydrogen) atoms. The summed E-state index contributed by atoms with van der Waals surface area (Å²) in [4.78, 5) is 22.6. The molecule has 0 saturated carbocycles. The predicted octanol–water partition coefficient (Wildman–Crippen LogP) is -12.0. The van der Waals surface area contributed by atoms with Crippen LogP contribution in [0.25, 0.3) is 0 Å². The zero-order valence-corrected chi connectivity index (χ0v) is 38.6. The van der Waals surface area contributed by atoms with Crippen molar-refractivity contribution in [3.63, 3.8) is 0 Å². The fourth-order valence-electron chi connectivity index (χ4n) is 7.73. The van der Waals surface area contributed by atoms with Crippen LogP contribution < -0.4 is 10.6 Å². The van der Waals surface area contributed by atoms with E-state index in [9.17, 15) is 96.0 Å². The molecule has 26 atom stereocenters. The highest BCUT2D eigenvalue weighted by Crippen LogP contribution is 2.43. The van der Waals surface area contributed by atoms with E-state index in [0.29, 0.717) is 0 Å². The monoisotopic (exact) mass is 1050 g/mol. The number of hydrogen-bond acceptors (Lipinski definition) is 30. The highest BCUT2D eigenvalue weighted by molar-refractivity contribution is 7.47. The lowest BCUT2D eigenvalue weighted by molar-refractivity contribution is -0.388. The van der Waals surface area contributed by atoms with Gasteiger partial charge in [-0.3, -0.25) is 13.8 Å². The molecule has 0 aromatic rings. The summed E-state index contributed by atoms with van der Waals surface area (Å²) in [6.45, 7) is -4.75. The molecule has 4 heterocycles. The van der Waals surface area contributed by atoms with E-state index in [2.05, 4.69) is 15.2 Å². The maximum absolute atomic E-state index is 12.9. The third-order valence-electron chi connectivity index (χ3n) is 11.7. The van der Waals surface area contributed by atoms with Gasteiger partial charge in [-0.2, -0.15) is 0 Å². The van der Waals surface area contributed by atoms with Crippen molar-refractivity contribution < 1.29 is 148 Å². The molecule has 0 aromatic heterocycles. The van der Waals surface area contributed by atoms with Crippen molar-refractivity contribution in [2.45, 2.75) is 167 Å². The number of nitrogens with one attached hydrogen (secondary N) is 2. The number of carbonyl (C=O) groups is 1. The second-order valence-corrected chi connectivity index (χ2v) is 18.3. The summed E-state index contributed by atoms with van der Waals surface area (Å²) >= 11 is 0. The third kappa shape index (κ3) is 15.6. The van der Waals surface area contributed by atoms with E-state index in [0.717, 1.165) is 6.92 Å². The number of aliphatic hydroxyl groups excluding tert-OH is 17. The number of phosphoric ester groups is 1. The summed E-state index contributed by atoms with van der Waals surface area (Å²) < 4.78 is 67.5. The second kappa shape index (κ2) is 27.9. The van der Waals surface area contributed by atoms with Crippen molar-refractivity contribution in [1.82, 2.24) is 10.6 Å². The summed E-state index contributed by atoms with van der Waals surface area (Å²) in [5, 5.41) is 183. The summed E-state index contributed by atoms with van der Waals surface area (Å²) in [7, 11) is -4.69. The van der Waals surface area contributed by atoms with Crippen LogP contribution in [0, 0.1) is 0 Å². The Hall–Kier alpha value is -1.46. The Morgan fingerprint density at radius 3 is 1.74 bits per heavy atom. The first-order valence-corrected chi connectivity index (χ1v) is 23.5. The molecule has 4 fully saturated rings. The van der Waals surface area contributed by atoms with Gasteiger partial charge < -0.3 is 140 Å². The molecule has 20 N–H and O–H groups in total. The number of aliphatic hydroxyl groups is 17. The normalized spacial score (nSPS) is 41.5. The fraction of sp³-hybridized carbons (Fsp3) is 0.973. The first kappa shape index (κ1) is 61.1. The van der Waals surface area contributed by atoms with Gasteiger partial charge in [0.05, 0.1) is 58.5 Å². The molecule has 0 radical (unpaired) electrons. The van der Waals surface area contributed by atoms with Crippen molar-refractivity contribution in [1.29, 1.82) is 0 Å². The zero-order chi connectivity index (χ0) is 52.4. The fourth-order valence-corrected chi connectivity index (χ4v) is 8.48. The molecule has 4 saturated heterocycles. The van der Waals surface area contributed by atoms with Crippen molar-refractivity contribution in [2.75, 3.05) is 59.3 Å². The lowest BCUT2D eigenvalue weighted by atomic mass is 9.93. The summed E-state index contributed by atoms with van der Waals surface area (Å²) in [5.74, 6) is -0.887. The van der Waals surface area contributed by atoms with Crippen molar-refractivity contribution in [3.05, 3.63) is 0 Å². The van der Waals surface area contributed by atoms with Gasteiger partial charge in [0, 0.05) is 20.0 Å². The molecule has 33 heteroatoms. The minimum Gasteiger partial charge on any atom is -0.394 e. The standard InChI is InChI=1S/C37H69N2O30P/c1-12-21(49)25(53)27(55)35(62-12)67-31-19(10-44)65-34(20(39-13(2)45)32(31)68-36-28(56)26(54)23(51)17(8-42)63-36)69-33-24(52)18(9-43)64-37(29(33)57)66-30(16(48)7-41)22(50)15(47)5-38-3-4-60-70(58,59)61-11-14(46)6-40/h12,14-38,40-44,46-57H,3-11H2,1-2H3,(H,39,45)(H,58,59)/t12-,14?,15-,16+,17+,18+,19+,20+,21+,22+,23-,24-,25+,26-,27-,28+,29+,30+,31+,32+,33-,34-,35-,36-,37-/m0/s1. The third-order valence-corrected chi connectivity index (χ3v) is 12.6. The summed E-state index contributed by atoms with van der Waals surface area (Å²) in [6.07, 6.45) is -45.6. The number of phosphoric acid groups is 1. The smallest absolute Gasteiger partial charge is 0.394 e. The highest BCUT2D eigenvalue weighted by Gasteiger charge is 2.57. The largest absolute Gasteiger partial charge is 0.472 e. The van der Waals surface area contributed by atoms with Crippen LogP contribution in [0.4, 0.5) is 0 Å². The number of rotatable bonds is 26. The summed E-state index contributed by atoms with van der Waals surface area (Å²) in [5.41, 5.74) is 0. The van der Waals surface area contributed by atoms with Gasteiger partial charge in [0.15, 0.2) is 25.2 Å². The highest BCUT2D eigenvalue weighted by atomic mass is 31.2. The van der Waals surface area contributed by atoms with E-state index in [-0.39, 0.29) is 6.54 Å². The topological polar surface area (TPSA) is 515 Å². The van der Waals surface area contributed by atoms with E-state index in [1.54, 1.807) is 0 Å². The average molecular weight is 1050 g/mol. The molecule has 0 spiro atoms. The Balaban J connectivity index is 1.61. The van der Waals surface area contributed by atoms with E-state index in [1.165, 1.54) is 6.92 Å². The van der Waals surface area contributed by atoms with Gasteiger partial charge >= 0.3 is 7.82 Å². The number of carbonyl (C=O) groups excluding carboxylic acids is 1. The van der Waals surface area contributed by atoms with Crippen LogP contribution in [0.15, 0.2) is 0 Å². The molecule has 0 bridgehead atoms. The maximum Gasteiger partial charge on any atom is 0.472 e. The van der Waals surface area contributed by atoms with Crippen LogP contribution in [0.5, 0.6) is 0 Å². The van der Waals surface area contributed by atoms with Crippen LogP contribution in [-0.4, -0.2) is 310 Å². The molecule has 2 unspecified atom stereocenters. The molecule has 4 aliphatic rings. The predicted molar refractivity (Wildman–Crippen MR) is 220 cm³/mol. The average Bonchev–Trinajstić information content (AvgIpc) is 3.33. The Bertz CT molecular complexity index is 1600. The molecule has 0 aliphatic carbocycles. The molecular formula is C37H69N2O30P. The van der Waals surface area contributed by atoms with Gasteiger partial charge in [0.25, 0.3) is 0 Å². The Labute approximate surface area is 398 Å².